The SMILES string of the molecule is CNC(=O)CCCSSC(C)(C)CCC(=O)N(C)[C@@H](C)C(=O)OC1CC(=O)N(C)c2cc(cc(C)c2Cl)C/C(C)=C/C=C/[C@@H](C)[C@@]2(O)C[C@H](OC(=O)N2)[C@@H](C)[C@@H]2O[C@@]12C. The van der Waals surface area contributed by atoms with Crippen LogP contribution < -0.4 is 15.5 Å². The van der Waals surface area contributed by atoms with Crippen LogP contribution >= 0.6 is 33.2 Å². The van der Waals surface area contributed by atoms with Gasteiger partial charge >= 0.3 is 12.1 Å². The van der Waals surface area contributed by atoms with Crippen molar-refractivity contribution in [3.63, 3.8) is 0 Å². The quantitative estimate of drug-likeness (QED) is 0.0865. The molecular weight excluding hydrogens is 816 g/mol. The number of halogens is 1. The van der Waals surface area contributed by atoms with E-state index in [0.717, 1.165) is 28.9 Å². The van der Waals surface area contributed by atoms with Gasteiger partial charge in [-0.25, -0.2) is 9.59 Å². The standard InChI is InChI=1S/C43H63ClN4O9S2/c1-25-14-12-15-27(3)43(54)24-32(55-40(53)46-43)28(4)38-42(8,57-38)33(23-36(51)48(11)31-22-30(20-25)21-26(2)37(31)44)56-39(52)29(5)47(10)35(50)17-18-41(6,7)59-58-19-13-16-34(49)45-9/h12,14-15,21-22,27-29,32-33,38,54H,13,16-20,23-24H2,1-11H3,(H,45,49)(H,46,53)/b15-12+,25-14+/t27-,28-,29+,32+,33?,38+,42+,43+/m1/s1. The number of epoxide rings is 1. The number of benzene rings is 1. The topological polar surface area (TPSA) is 167 Å². The Labute approximate surface area is 362 Å². The molecule has 8 atom stereocenters. The molecule has 328 valence electrons. The maximum Gasteiger partial charge on any atom is 0.409 e. The molecule has 16 heteroatoms. The first-order valence-electron chi connectivity index (χ1n) is 20.3. The minimum absolute atomic E-state index is 0.0100. The summed E-state index contributed by atoms with van der Waals surface area (Å²) in [6.45, 7) is 15.0. The Bertz CT molecular complexity index is 1810. The Hall–Kier alpha value is -3.24. The molecule has 4 bridgehead atoms. The van der Waals surface area contributed by atoms with Crippen molar-refractivity contribution in [1.29, 1.82) is 0 Å². The summed E-state index contributed by atoms with van der Waals surface area (Å²) >= 11 is 6.81. The number of fused-ring (bicyclic) bond motifs is 5. The number of carbonyl (C=O) groups excluding carboxylic acids is 5. The molecule has 2 saturated heterocycles. The van der Waals surface area contributed by atoms with E-state index in [0.29, 0.717) is 30.0 Å². The van der Waals surface area contributed by atoms with E-state index in [1.54, 1.807) is 56.6 Å². The van der Waals surface area contributed by atoms with Gasteiger partial charge < -0.3 is 34.4 Å². The molecule has 0 saturated carbocycles. The van der Waals surface area contributed by atoms with Crippen LogP contribution in [0.2, 0.25) is 5.02 Å². The summed E-state index contributed by atoms with van der Waals surface area (Å²) in [5, 5.41) is 17.4. The molecule has 1 aromatic carbocycles. The Morgan fingerprint density at radius 3 is 2.58 bits per heavy atom. The maximum atomic E-state index is 14.2. The highest BCUT2D eigenvalue weighted by Gasteiger charge is 2.64. The van der Waals surface area contributed by atoms with E-state index in [9.17, 15) is 29.1 Å². The molecule has 3 aliphatic heterocycles. The smallest absolute Gasteiger partial charge is 0.409 e. The number of carbonyl (C=O) groups is 5. The Kier molecular flexibility index (Phi) is 16.5. The first-order chi connectivity index (χ1) is 27.5. The second-order valence-corrected chi connectivity index (χ2v) is 20.6. The third-order valence-corrected chi connectivity index (χ3v) is 15.7. The predicted octanol–water partition coefficient (Wildman–Crippen LogP) is 6.90. The first kappa shape index (κ1) is 48.4. The summed E-state index contributed by atoms with van der Waals surface area (Å²) in [4.78, 5) is 68.8. The van der Waals surface area contributed by atoms with E-state index in [1.165, 1.54) is 9.80 Å². The lowest BCUT2D eigenvalue weighted by Crippen LogP contribution is -2.60. The summed E-state index contributed by atoms with van der Waals surface area (Å²) in [5.74, 6) is -1.46. The molecule has 59 heavy (non-hydrogen) atoms. The van der Waals surface area contributed by atoms with Crippen molar-refractivity contribution in [1.82, 2.24) is 15.5 Å². The van der Waals surface area contributed by atoms with Crippen LogP contribution in [-0.2, 0) is 39.8 Å². The maximum absolute atomic E-state index is 14.2. The average Bonchev–Trinajstić information content (AvgIpc) is 3.87. The number of anilines is 1. The molecule has 2 fully saturated rings. The summed E-state index contributed by atoms with van der Waals surface area (Å²) in [6, 6.07) is 2.86. The molecule has 1 aromatic rings. The third-order valence-electron chi connectivity index (χ3n) is 11.8. The van der Waals surface area contributed by atoms with Crippen molar-refractivity contribution in [2.45, 2.75) is 141 Å². The molecule has 0 aliphatic carbocycles. The lowest BCUT2D eigenvalue weighted by atomic mass is 9.82. The number of aryl methyl sites for hydroxylation is 1. The Morgan fingerprint density at radius 2 is 1.90 bits per heavy atom. The molecule has 3 N–H and O–H groups in total. The summed E-state index contributed by atoms with van der Waals surface area (Å²) in [6.07, 6.45) is 4.73. The predicted molar refractivity (Wildman–Crippen MR) is 234 cm³/mol. The fourth-order valence-corrected chi connectivity index (χ4v) is 10.3. The highest BCUT2D eigenvalue weighted by atomic mass is 35.5. The molecule has 4 rings (SSSR count). The molecule has 0 radical (unpaired) electrons. The molecule has 1 unspecified atom stereocenters. The monoisotopic (exact) mass is 878 g/mol. The summed E-state index contributed by atoms with van der Waals surface area (Å²) in [5.41, 5.74) is 0.461. The van der Waals surface area contributed by atoms with Gasteiger partial charge in [0.1, 0.15) is 29.6 Å². The zero-order valence-electron chi connectivity index (χ0n) is 36.3. The van der Waals surface area contributed by atoms with Crippen molar-refractivity contribution < 1.29 is 43.3 Å². The van der Waals surface area contributed by atoms with Gasteiger partial charge in [0.25, 0.3) is 0 Å². The fourth-order valence-electron chi connectivity index (χ4n) is 7.40. The minimum Gasteiger partial charge on any atom is -0.457 e. The fraction of sp³-hybridized carbons (Fsp3) is 0.651. The third kappa shape index (κ3) is 12.4. The highest BCUT2D eigenvalue weighted by Crippen LogP contribution is 2.49. The molecule has 3 heterocycles. The van der Waals surface area contributed by atoms with Gasteiger partial charge in [-0.2, -0.15) is 0 Å². The second kappa shape index (κ2) is 20.1. The number of hydrogen-bond donors (Lipinski definition) is 3. The zero-order chi connectivity index (χ0) is 44.0. The average molecular weight is 880 g/mol. The van der Waals surface area contributed by atoms with Gasteiger partial charge in [0, 0.05) is 62.7 Å². The van der Waals surface area contributed by atoms with Crippen molar-refractivity contribution in [3.8, 4) is 0 Å². The molecular formula is C43H63ClN4O9S2. The number of allylic oxidation sites excluding steroid dienone is 3. The number of nitrogens with one attached hydrogen (secondary N) is 2. The highest BCUT2D eigenvalue weighted by molar-refractivity contribution is 8.77. The number of aliphatic hydroxyl groups is 1. The number of amides is 4. The van der Waals surface area contributed by atoms with Crippen molar-refractivity contribution in [3.05, 3.63) is 52.1 Å². The van der Waals surface area contributed by atoms with Gasteiger partial charge in [0.05, 0.1) is 23.2 Å². The lowest BCUT2D eigenvalue weighted by Gasteiger charge is -2.41. The Balaban J connectivity index is 1.57. The molecule has 0 spiro atoms. The van der Waals surface area contributed by atoms with E-state index in [2.05, 4.69) is 24.5 Å². The minimum atomic E-state index is -1.61. The molecule has 4 amide bonds. The van der Waals surface area contributed by atoms with Crippen LogP contribution in [0, 0.1) is 18.8 Å². The van der Waals surface area contributed by atoms with Gasteiger partial charge in [-0.05, 0) is 78.0 Å². The second-order valence-electron chi connectivity index (χ2n) is 17.1. The van der Waals surface area contributed by atoms with E-state index in [-0.39, 0.29) is 41.7 Å². The van der Waals surface area contributed by atoms with E-state index >= 15 is 0 Å². The van der Waals surface area contributed by atoms with Gasteiger partial charge in [-0.3, -0.25) is 19.7 Å². The summed E-state index contributed by atoms with van der Waals surface area (Å²) in [7, 11) is 8.14. The van der Waals surface area contributed by atoms with E-state index in [1.807, 2.05) is 58.1 Å². The van der Waals surface area contributed by atoms with Crippen LogP contribution in [0.15, 0.2) is 35.9 Å². The molecule has 13 nitrogen and oxygen atoms in total. The number of likely N-dealkylation sites (N-methyl/N-ethyl adjacent to an activating group) is 1. The van der Waals surface area contributed by atoms with Crippen molar-refractivity contribution in [2.24, 2.45) is 11.8 Å². The largest absolute Gasteiger partial charge is 0.457 e. The van der Waals surface area contributed by atoms with Crippen LogP contribution in [-0.4, -0.2) is 107 Å². The van der Waals surface area contributed by atoms with E-state index < -0.39 is 59.6 Å². The van der Waals surface area contributed by atoms with Gasteiger partial charge in [0.2, 0.25) is 17.7 Å². The van der Waals surface area contributed by atoms with Crippen LogP contribution in [0.4, 0.5) is 10.5 Å². The number of rotatable bonds is 12. The normalized spacial score (nSPS) is 29.5. The van der Waals surface area contributed by atoms with Crippen molar-refractivity contribution >= 4 is 68.7 Å². The molecule has 3 aliphatic rings. The number of hydrogen-bond acceptors (Lipinski definition) is 11. The van der Waals surface area contributed by atoms with E-state index in [4.69, 9.17) is 25.8 Å². The first-order valence-corrected chi connectivity index (χ1v) is 23.0. The van der Waals surface area contributed by atoms with Crippen molar-refractivity contribution in [2.75, 3.05) is 31.8 Å². The van der Waals surface area contributed by atoms with Gasteiger partial charge in [-0.1, -0.05) is 76.9 Å². The lowest BCUT2D eigenvalue weighted by molar-refractivity contribution is -0.162. The number of nitrogens with zero attached hydrogens (tertiary/aromatic N) is 2. The van der Waals surface area contributed by atoms with Crippen LogP contribution in [0.1, 0.15) is 98.1 Å². The van der Waals surface area contributed by atoms with Crippen LogP contribution in [0.3, 0.4) is 0 Å². The van der Waals surface area contributed by atoms with Gasteiger partial charge in [0.15, 0.2) is 0 Å². The summed E-state index contributed by atoms with van der Waals surface area (Å²) < 4.78 is 18.0. The van der Waals surface area contributed by atoms with Crippen LogP contribution in [0.5, 0.6) is 0 Å². The van der Waals surface area contributed by atoms with Crippen LogP contribution in [0.25, 0.3) is 0 Å². The number of ether oxygens (including phenoxy) is 3. The molecule has 0 aromatic heterocycles. The zero-order valence-corrected chi connectivity index (χ0v) is 38.7. The number of alkyl carbamates (subject to hydrolysis) is 1. The van der Waals surface area contributed by atoms with Gasteiger partial charge in [-0.15, -0.1) is 0 Å². The Morgan fingerprint density at radius 1 is 1.20 bits per heavy atom. The number of esters is 1.